The van der Waals surface area contributed by atoms with Crippen molar-refractivity contribution in [2.45, 2.75) is 6.92 Å². The largest absolute Gasteiger partial charge is 0.313 e. The number of hydrogen-bond acceptors (Lipinski definition) is 3. The molecular weight excluding hydrogens is 485 g/mol. The summed E-state index contributed by atoms with van der Waals surface area (Å²) in [6, 6.07) is 27.7. The summed E-state index contributed by atoms with van der Waals surface area (Å²) < 4.78 is 2.21. The Bertz CT molecular complexity index is 1440. The number of halogens is 2. The molecule has 0 bridgehead atoms. The smallest absolute Gasteiger partial charge is 0.264 e. The van der Waals surface area contributed by atoms with Crippen molar-refractivity contribution in [2.75, 3.05) is 0 Å². The maximum atomic E-state index is 12.8. The number of carbonyl (C=O) groups excluding carboxylic acids is 1. The minimum absolute atomic E-state index is 0.203. The second-order valence-corrected chi connectivity index (χ2v) is 9.50. The van der Waals surface area contributed by atoms with Crippen molar-refractivity contribution >= 4 is 57.8 Å². The van der Waals surface area contributed by atoms with Crippen LogP contribution in [0.4, 0.5) is 5.69 Å². The van der Waals surface area contributed by atoms with Crippen LogP contribution in [-0.4, -0.2) is 15.6 Å². The third kappa shape index (κ3) is 4.42. The van der Waals surface area contributed by atoms with Crippen molar-refractivity contribution in [1.82, 2.24) is 9.88 Å². The van der Waals surface area contributed by atoms with Crippen LogP contribution in [0.15, 0.2) is 94.8 Å². The fourth-order valence-electron chi connectivity index (χ4n) is 3.88. The number of rotatable bonds is 4. The minimum atomic E-state index is -0.203. The number of para-hydroxylation sites is 1. The molecule has 1 aromatic heterocycles. The van der Waals surface area contributed by atoms with Gasteiger partial charge in [-0.05, 0) is 60.7 Å². The van der Waals surface area contributed by atoms with Gasteiger partial charge in [-0.3, -0.25) is 4.79 Å². The zero-order valence-electron chi connectivity index (χ0n) is 18.1. The van der Waals surface area contributed by atoms with Crippen LogP contribution in [0.2, 0.25) is 10.0 Å². The van der Waals surface area contributed by atoms with E-state index in [2.05, 4.69) is 52.1 Å². The molecule has 0 atom stereocenters. The van der Waals surface area contributed by atoms with Crippen LogP contribution in [0.1, 0.15) is 11.3 Å². The second kappa shape index (κ2) is 9.55. The van der Waals surface area contributed by atoms with Crippen molar-refractivity contribution in [3.8, 4) is 16.9 Å². The summed E-state index contributed by atoms with van der Waals surface area (Å²) in [7, 11) is 0. The van der Waals surface area contributed by atoms with E-state index in [1.54, 1.807) is 18.2 Å². The first-order chi connectivity index (χ1) is 16.5. The molecule has 0 radical (unpaired) electrons. The van der Waals surface area contributed by atoms with E-state index in [-0.39, 0.29) is 5.91 Å². The first kappa shape index (κ1) is 22.5. The van der Waals surface area contributed by atoms with Gasteiger partial charge >= 0.3 is 0 Å². The highest BCUT2D eigenvalue weighted by molar-refractivity contribution is 8.18. The molecule has 0 spiro atoms. The number of amidine groups is 1. The van der Waals surface area contributed by atoms with Gasteiger partial charge in [-0.1, -0.05) is 77.8 Å². The van der Waals surface area contributed by atoms with Gasteiger partial charge in [0.25, 0.3) is 5.91 Å². The molecule has 4 aromatic rings. The first-order valence-corrected chi connectivity index (χ1v) is 12.2. The third-order valence-electron chi connectivity index (χ3n) is 5.37. The quantitative estimate of drug-likeness (QED) is 0.290. The van der Waals surface area contributed by atoms with E-state index in [1.807, 2.05) is 42.5 Å². The maximum Gasteiger partial charge on any atom is 0.264 e. The highest BCUT2D eigenvalue weighted by Gasteiger charge is 2.26. The lowest BCUT2D eigenvalue weighted by Crippen LogP contribution is -2.19. The Labute approximate surface area is 211 Å². The van der Waals surface area contributed by atoms with E-state index in [4.69, 9.17) is 23.2 Å². The van der Waals surface area contributed by atoms with E-state index in [1.165, 1.54) is 11.8 Å². The average Bonchev–Trinajstić information content (AvgIpc) is 3.36. The van der Waals surface area contributed by atoms with Crippen LogP contribution < -0.4 is 5.32 Å². The van der Waals surface area contributed by atoms with Crippen LogP contribution in [0, 0.1) is 6.92 Å². The number of nitrogens with zero attached hydrogens (tertiary/aromatic N) is 2. The van der Waals surface area contributed by atoms with E-state index < -0.39 is 0 Å². The number of amides is 1. The Balaban J connectivity index is 1.58. The molecule has 5 rings (SSSR count). The summed E-state index contributed by atoms with van der Waals surface area (Å²) in [5.41, 5.74) is 5.68. The Morgan fingerprint density at radius 2 is 1.65 bits per heavy atom. The molecule has 0 saturated carbocycles. The molecule has 1 aliphatic rings. The summed E-state index contributed by atoms with van der Waals surface area (Å²) in [5.74, 6) is -0.203. The van der Waals surface area contributed by atoms with Gasteiger partial charge in [0.05, 0.1) is 26.3 Å². The molecule has 0 aliphatic carbocycles. The number of aryl methyl sites for hydroxylation is 1. The van der Waals surface area contributed by atoms with E-state index >= 15 is 0 Å². The molecule has 4 nitrogen and oxygen atoms in total. The standard InChI is InChI=1S/C27H19Cl2N3OS/c1-17-15-19(25(18-9-4-2-5-10-18)32(17)20-11-6-3-7-12-20)16-23-26(33)31-27(34-23)30-22-14-8-13-21(28)24(22)29/h2-16H,1H3,(H,30,31,33)/b23-16-. The van der Waals surface area contributed by atoms with Gasteiger partial charge in [-0.25, -0.2) is 4.99 Å². The number of hydrogen-bond donors (Lipinski definition) is 1. The fourth-order valence-corrected chi connectivity index (χ4v) is 5.05. The van der Waals surface area contributed by atoms with E-state index in [0.29, 0.717) is 25.8 Å². The second-order valence-electron chi connectivity index (χ2n) is 7.68. The van der Waals surface area contributed by atoms with E-state index in [9.17, 15) is 4.79 Å². The van der Waals surface area contributed by atoms with Gasteiger partial charge in [-0.2, -0.15) is 0 Å². The lowest BCUT2D eigenvalue weighted by atomic mass is 10.1. The van der Waals surface area contributed by atoms with Crippen LogP contribution in [0.25, 0.3) is 23.0 Å². The molecule has 1 aliphatic heterocycles. The van der Waals surface area contributed by atoms with E-state index in [0.717, 1.165) is 28.2 Å². The molecule has 34 heavy (non-hydrogen) atoms. The predicted octanol–water partition coefficient (Wildman–Crippen LogP) is 7.65. The molecule has 3 aromatic carbocycles. The van der Waals surface area contributed by atoms with Crippen LogP contribution in [0.3, 0.4) is 0 Å². The van der Waals surface area contributed by atoms with Crippen molar-refractivity contribution < 1.29 is 4.79 Å². The monoisotopic (exact) mass is 503 g/mol. The molecule has 7 heteroatoms. The van der Waals surface area contributed by atoms with Crippen LogP contribution in [0.5, 0.6) is 0 Å². The van der Waals surface area contributed by atoms with Gasteiger partial charge in [-0.15, -0.1) is 0 Å². The molecule has 1 amide bonds. The lowest BCUT2D eigenvalue weighted by Gasteiger charge is -2.13. The van der Waals surface area contributed by atoms with Gasteiger partial charge in [0.1, 0.15) is 0 Å². The number of aromatic nitrogens is 1. The molecular formula is C27H19Cl2N3OS. The fraction of sp³-hybridized carbons (Fsp3) is 0.0370. The zero-order chi connectivity index (χ0) is 23.7. The minimum Gasteiger partial charge on any atom is -0.313 e. The predicted molar refractivity (Wildman–Crippen MR) is 143 cm³/mol. The summed E-state index contributed by atoms with van der Waals surface area (Å²) in [5, 5.41) is 4.06. The SMILES string of the molecule is Cc1cc(/C=C2\SC(=Nc3cccc(Cl)c3Cl)NC2=O)c(-c2ccccc2)n1-c1ccccc1. The number of carbonyl (C=O) groups is 1. The van der Waals surface area contributed by atoms with Crippen LogP contribution in [-0.2, 0) is 4.79 Å². The van der Waals surface area contributed by atoms with Gasteiger partial charge in [0.15, 0.2) is 5.17 Å². The maximum absolute atomic E-state index is 12.8. The van der Waals surface area contributed by atoms with Crippen LogP contribution >= 0.6 is 35.0 Å². The topological polar surface area (TPSA) is 46.4 Å². The first-order valence-electron chi connectivity index (χ1n) is 10.6. The Kier molecular flexibility index (Phi) is 6.33. The third-order valence-corrected chi connectivity index (χ3v) is 7.09. The summed E-state index contributed by atoms with van der Waals surface area (Å²) in [6.45, 7) is 2.07. The highest BCUT2D eigenvalue weighted by Crippen LogP contribution is 2.37. The van der Waals surface area contributed by atoms with Gasteiger partial charge in [0.2, 0.25) is 0 Å². The lowest BCUT2D eigenvalue weighted by molar-refractivity contribution is -0.115. The number of benzene rings is 3. The molecule has 1 N–H and O–H groups in total. The van der Waals surface area contributed by atoms with Crippen molar-refractivity contribution in [3.05, 3.63) is 111 Å². The summed E-state index contributed by atoms with van der Waals surface area (Å²) in [6.07, 6.45) is 1.91. The number of thioether (sulfide) groups is 1. The summed E-state index contributed by atoms with van der Waals surface area (Å²) >= 11 is 13.6. The van der Waals surface area contributed by atoms with Gasteiger partial charge < -0.3 is 9.88 Å². The van der Waals surface area contributed by atoms with Gasteiger partial charge in [0, 0.05) is 16.9 Å². The highest BCUT2D eigenvalue weighted by atomic mass is 35.5. The Morgan fingerprint density at radius 1 is 0.941 bits per heavy atom. The van der Waals surface area contributed by atoms with Crippen molar-refractivity contribution in [3.63, 3.8) is 0 Å². The normalized spacial score (nSPS) is 15.8. The molecule has 168 valence electrons. The molecule has 2 heterocycles. The van der Waals surface area contributed by atoms with Crippen molar-refractivity contribution in [2.24, 2.45) is 4.99 Å². The number of aliphatic imine (C=N–C) groups is 1. The molecule has 0 unspecified atom stereocenters. The molecule has 1 saturated heterocycles. The summed E-state index contributed by atoms with van der Waals surface area (Å²) in [4.78, 5) is 17.8. The Morgan fingerprint density at radius 3 is 2.38 bits per heavy atom. The Hall–Kier alpha value is -3.25. The number of nitrogens with one attached hydrogen (secondary N) is 1. The van der Waals surface area contributed by atoms with Crippen molar-refractivity contribution in [1.29, 1.82) is 0 Å². The average molecular weight is 504 g/mol. The zero-order valence-corrected chi connectivity index (χ0v) is 20.5. The molecule has 1 fully saturated rings.